The lowest BCUT2D eigenvalue weighted by Crippen LogP contribution is -2.15. The Hall–Kier alpha value is -3.02. The first-order valence-corrected chi connectivity index (χ1v) is 6.34. The van der Waals surface area contributed by atoms with Crippen LogP contribution in [0.4, 0.5) is 4.39 Å². The number of imidazole rings is 1. The van der Waals surface area contributed by atoms with Gasteiger partial charge in [-0.2, -0.15) is 0 Å². The maximum Gasteiger partial charge on any atom is 0.331 e. The molecule has 0 fully saturated rings. The fraction of sp³-hybridized carbons (Fsp3) is 0. The topological polar surface area (TPSA) is 63.0 Å². The maximum absolute atomic E-state index is 13.3. The van der Waals surface area contributed by atoms with Gasteiger partial charge in [0, 0.05) is 18.0 Å². The van der Waals surface area contributed by atoms with E-state index in [0.717, 1.165) is 0 Å². The van der Waals surface area contributed by atoms with Gasteiger partial charge < -0.3 is 4.98 Å². The van der Waals surface area contributed by atoms with Crippen LogP contribution in [0, 0.1) is 5.82 Å². The Balaban J connectivity index is 2.08. The molecule has 0 unspecified atom stereocenters. The Morgan fingerprint density at radius 3 is 2.95 bits per heavy atom. The van der Waals surface area contributed by atoms with Crippen molar-refractivity contribution >= 4 is 16.7 Å². The predicted molar refractivity (Wildman–Crippen MR) is 76.5 cm³/mol. The number of benzene rings is 1. The van der Waals surface area contributed by atoms with Crippen molar-refractivity contribution in [3.8, 4) is 11.3 Å². The Kier molecular flexibility index (Phi) is 2.38. The monoisotopic (exact) mass is 280 g/mol. The zero-order valence-electron chi connectivity index (χ0n) is 10.7. The van der Waals surface area contributed by atoms with Crippen molar-refractivity contribution in [2.75, 3.05) is 0 Å². The highest BCUT2D eigenvalue weighted by molar-refractivity contribution is 5.88. The standard InChI is InChI=1S/C15H9FN4O/c16-10-4-1-3-9(7-10)12-8-20-14(18-12)13-11(19-15(20)21)5-2-6-17-13/h1-8H,(H,19,21). The fourth-order valence-electron chi connectivity index (χ4n) is 2.35. The maximum atomic E-state index is 13.3. The number of nitrogens with one attached hydrogen (secondary N) is 1. The van der Waals surface area contributed by atoms with Crippen molar-refractivity contribution in [3.63, 3.8) is 0 Å². The van der Waals surface area contributed by atoms with Crippen molar-refractivity contribution in [2.45, 2.75) is 0 Å². The molecule has 4 aromatic rings. The molecular formula is C15H9FN4O. The van der Waals surface area contributed by atoms with Gasteiger partial charge in [-0.15, -0.1) is 0 Å². The van der Waals surface area contributed by atoms with Gasteiger partial charge in [0.15, 0.2) is 5.65 Å². The van der Waals surface area contributed by atoms with Crippen LogP contribution in [-0.4, -0.2) is 19.4 Å². The molecule has 6 heteroatoms. The molecule has 21 heavy (non-hydrogen) atoms. The minimum atomic E-state index is -0.346. The van der Waals surface area contributed by atoms with E-state index in [9.17, 15) is 9.18 Å². The molecule has 3 aromatic heterocycles. The van der Waals surface area contributed by atoms with E-state index in [0.29, 0.717) is 27.9 Å². The molecule has 0 saturated heterocycles. The van der Waals surface area contributed by atoms with E-state index in [1.165, 1.54) is 16.5 Å². The number of nitrogens with zero attached hydrogens (tertiary/aromatic N) is 3. The van der Waals surface area contributed by atoms with Gasteiger partial charge in [0.2, 0.25) is 0 Å². The van der Waals surface area contributed by atoms with Crippen molar-refractivity contribution in [1.82, 2.24) is 19.4 Å². The fourth-order valence-corrected chi connectivity index (χ4v) is 2.35. The summed E-state index contributed by atoms with van der Waals surface area (Å²) >= 11 is 0. The molecular weight excluding hydrogens is 271 g/mol. The zero-order chi connectivity index (χ0) is 14.4. The van der Waals surface area contributed by atoms with Crippen molar-refractivity contribution in [1.29, 1.82) is 0 Å². The first-order chi connectivity index (χ1) is 10.2. The average molecular weight is 280 g/mol. The van der Waals surface area contributed by atoms with Crippen LogP contribution in [0.15, 0.2) is 53.6 Å². The Morgan fingerprint density at radius 2 is 2.10 bits per heavy atom. The molecule has 0 saturated carbocycles. The van der Waals surface area contributed by atoms with E-state index in [2.05, 4.69) is 15.0 Å². The van der Waals surface area contributed by atoms with Crippen LogP contribution in [0.3, 0.4) is 0 Å². The second kappa shape index (κ2) is 4.24. The summed E-state index contributed by atoms with van der Waals surface area (Å²) < 4.78 is 14.7. The lowest BCUT2D eigenvalue weighted by Gasteiger charge is -1.97. The summed E-state index contributed by atoms with van der Waals surface area (Å²) in [6.45, 7) is 0. The molecule has 0 spiro atoms. The van der Waals surface area contributed by atoms with Crippen LogP contribution in [0.5, 0.6) is 0 Å². The highest BCUT2D eigenvalue weighted by atomic mass is 19.1. The van der Waals surface area contributed by atoms with E-state index in [1.54, 1.807) is 36.7 Å². The molecule has 0 bridgehead atoms. The van der Waals surface area contributed by atoms with Crippen molar-refractivity contribution in [2.24, 2.45) is 0 Å². The van der Waals surface area contributed by atoms with E-state index < -0.39 is 0 Å². The highest BCUT2D eigenvalue weighted by Gasteiger charge is 2.11. The highest BCUT2D eigenvalue weighted by Crippen LogP contribution is 2.21. The number of aromatic nitrogens is 4. The molecule has 3 heterocycles. The number of hydrogen-bond acceptors (Lipinski definition) is 3. The summed E-state index contributed by atoms with van der Waals surface area (Å²) in [4.78, 5) is 23.5. The molecule has 1 aromatic carbocycles. The first-order valence-electron chi connectivity index (χ1n) is 6.34. The Morgan fingerprint density at radius 1 is 1.19 bits per heavy atom. The largest absolute Gasteiger partial charge is 0.331 e. The first kappa shape index (κ1) is 11.8. The van der Waals surface area contributed by atoms with Gasteiger partial charge in [-0.05, 0) is 24.3 Å². The summed E-state index contributed by atoms with van der Waals surface area (Å²) in [6, 6.07) is 9.60. The molecule has 0 amide bonds. The number of H-pyrrole nitrogens is 1. The molecule has 102 valence electrons. The number of aromatic amines is 1. The predicted octanol–water partition coefficient (Wildman–Crippen LogP) is 2.38. The van der Waals surface area contributed by atoms with Crippen LogP contribution in [0.25, 0.3) is 27.9 Å². The SMILES string of the molecule is O=c1[nH]c2cccnc2c2nc(-c3cccc(F)c3)cn12. The summed E-state index contributed by atoms with van der Waals surface area (Å²) in [5.41, 5.74) is 2.50. The third-order valence-electron chi connectivity index (χ3n) is 3.31. The smallest absolute Gasteiger partial charge is 0.305 e. The molecule has 0 atom stereocenters. The van der Waals surface area contributed by atoms with Crippen LogP contribution in [0.1, 0.15) is 0 Å². The number of rotatable bonds is 1. The lowest BCUT2D eigenvalue weighted by atomic mass is 10.2. The quantitative estimate of drug-likeness (QED) is 0.582. The van der Waals surface area contributed by atoms with E-state index in [-0.39, 0.29) is 11.5 Å². The number of fused-ring (bicyclic) bond motifs is 3. The number of hydrogen-bond donors (Lipinski definition) is 1. The second-order valence-corrected chi connectivity index (χ2v) is 4.66. The van der Waals surface area contributed by atoms with Gasteiger partial charge in [0.05, 0.1) is 11.2 Å². The van der Waals surface area contributed by atoms with Gasteiger partial charge in [0.25, 0.3) is 0 Å². The third kappa shape index (κ3) is 1.80. The van der Waals surface area contributed by atoms with Gasteiger partial charge in [-0.1, -0.05) is 12.1 Å². The van der Waals surface area contributed by atoms with Gasteiger partial charge in [-0.3, -0.25) is 4.98 Å². The van der Waals surface area contributed by atoms with E-state index in [1.807, 2.05) is 0 Å². The van der Waals surface area contributed by atoms with E-state index >= 15 is 0 Å². The molecule has 0 aliphatic rings. The van der Waals surface area contributed by atoms with Crippen molar-refractivity contribution < 1.29 is 4.39 Å². The summed E-state index contributed by atoms with van der Waals surface area (Å²) in [5, 5.41) is 0. The summed E-state index contributed by atoms with van der Waals surface area (Å²) in [5.74, 6) is -0.346. The third-order valence-corrected chi connectivity index (χ3v) is 3.31. The molecule has 5 nitrogen and oxygen atoms in total. The zero-order valence-corrected chi connectivity index (χ0v) is 10.7. The molecule has 1 N–H and O–H groups in total. The molecule has 0 radical (unpaired) electrons. The van der Waals surface area contributed by atoms with Crippen LogP contribution >= 0.6 is 0 Å². The number of halogens is 1. The van der Waals surface area contributed by atoms with Crippen LogP contribution in [-0.2, 0) is 0 Å². The second-order valence-electron chi connectivity index (χ2n) is 4.66. The lowest BCUT2D eigenvalue weighted by molar-refractivity contribution is 0.628. The molecule has 0 aliphatic carbocycles. The summed E-state index contributed by atoms with van der Waals surface area (Å²) in [6.07, 6.45) is 3.22. The Bertz CT molecular complexity index is 1030. The van der Waals surface area contributed by atoms with Crippen LogP contribution < -0.4 is 5.69 Å². The molecule has 4 rings (SSSR count). The number of pyridine rings is 1. The summed E-state index contributed by atoms with van der Waals surface area (Å²) in [7, 11) is 0. The van der Waals surface area contributed by atoms with Crippen molar-refractivity contribution in [3.05, 3.63) is 65.1 Å². The van der Waals surface area contributed by atoms with Gasteiger partial charge >= 0.3 is 5.69 Å². The van der Waals surface area contributed by atoms with Gasteiger partial charge in [0.1, 0.15) is 11.3 Å². The normalized spacial score (nSPS) is 11.3. The minimum Gasteiger partial charge on any atom is -0.305 e. The molecule has 0 aliphatic heterocycles. The Labute approximate surface area is 117 Å². The average Bonchev–Trinajstić information content (AvgIpc) is 2.93. The van der Waals surface area contributed by atoms with E-state index in [4.69, 9.17) is 0 Å². The minimum absolute atomic E-state index is 0.305. The van der Waals surface area contributed by atoms with Crippen LogP contribution in [0.2, 0.25) is 0 Å². The van der Waals surface area contributed by atoms with Gasteiger partial charge in [-0.25, -0.2) is 18.6 Å².